The summed E-state index contributed by atoms with van der Waals surface area (Å²) in [7, 11) is 3.92. The lowest BCUT2D eigenvalue weighted by atomic mass is 10.1. The summed E-state index contributed by atoms with van der Waals surface area (Å²) in [6.07, 6.45) is 1.78. The standard InChI is InChI=1S/C13H12Cl2N2.C3H6O2.2C2H6/c1-17(2)13-8-10(5-6-16-13)9-3-4-11(14)12(15)7-9;1-3(5)2-4;2*1-2/h3-8H,1-2H3;4H,2H2,1H3;2*1-2H3. The predicted octanol–water partition coefficient (Wildman–Crippen LogP) is 5.74. The minimum absolute atomic E-state index is 0.190. The molecule has 2 aromatic rings. The van der Waals surface area contributed by atoms with Crippen LogP contribution in [0, 0.1) is 0 Å². The van der Waals surface area contributed by atoms with Crippen molar-refractivity contribution in [1.82, 2.24) is 4.98 Å². The first kappa shape index (κ1) is 26.6. The Labute approximate surface area is 167 Å². The number of nitrogens with zero attached hydrogens (tertiary/aromatic N) is 2. The van der Waals surface area contributed by atoms with E-state index in [-0.39, 0.29) is 12.4 Å². The molecule has 146 valence electrons. The van der Waals surface area contributed by atoms with E-state index in [1.165, 1.54) is 6.92 Å². The maximum absolute atomic E-state index is 9.56. The zero-order valence-corrected chi connectivity index (χ0v) is 18.2. The summed E-state index contributed by atoms with van der Waals surface area (Å²) in [5.41, 5.74) is 2.10. The average Bonchev–Trinajstić information content (AvgIpc) is 2.67. The summed E-state index contributed by atoms with van der Waals surface area (Å²) in [6, 6.07) is 9.57. The Morgan fingerprint density at radius 1 is 1.00 bits per heavy atom. The molecule has 0 unspecified atom stereocenters. The maximum atomic E-state index is 9.56. The monoisotopic (exact) mass is 400 g/mol. The second-order valence-electron chi connectivity index (χ2n) is 4.79. The van der Waals surface area contributed by atoms with E-state index >= 15 is 0 Å². The summed E-state index contributed by atoms with van der Waals surface area (Å²) in [5, 5.41) is 8.92. The Hall–Kier alpha value is -1.62. The number of aliphatic hydroxyl groups excluding tert-OH is 1. The molecule has 0 radical (unpaired) electrons. The highest BCUT2D eigenvalue weighted by Crippen LogP contribution is 2.29. The molecule has 2 rings (SSSR count). The van der Waals surface area contributed by atoms with Crippen LogP contribution in [0.4, 0.5) is 5.82 Å². The fourth-order valence-electron chi connectivity index (χ4n) is 1.52. The van der Waals surface area contributed by atoms with Gasteiger partial charge in [-0.25, -0.2) is 4.98 Å². The van der Waals surface area contributed by atoms with Gasteiger partial charge in [0.25, 0.3) is 0 Å². The van der Waals surface area contributed by atoms with Gasteiger partial charge in [-0.15, -0.1) is 0 Å². The SMILES string of the molecule is CC.CC.CC(=O)CO.CN(C)c1cc(-c2ccc(Cl)c(Cl)c2)ccn1. The van der Waals surface area contributed by atoms with Gasteiger partial charge < -0.3 is 10.0 Å². The molecule has 6 heteroatoms. The van der Waals surface area contributed by atoms with Crippen molar-refractivity contribution >= 4 is 34.8 Å². The quantitative estimate of drug-likeness (QED) is 0.712. The number of halogens is 2. The van der Waals surface area contributed by atoms with Crippen LogP contribution in [-0.4, -0.2) is 36.6 Å². The highest BCUT2D eigenvalue weighted by atomic mass is 35.5. The number of carbonyl (C=O) groups is 1. The van der Waals surface area contributed by atoms with Gasteiger partial charge in [-0.05, 0) is 42.3 Å². The van der Waals surface area contributed by atoms with Crippen molar-refractivity contribution in [2.24, 2.45) is 0 Å². The number of hydrogen-bond acceptors (Lipinski definition) is 4. The molecule has 1 aromatic heterocycles. The molecule has 0 bridgehead atoms. The smallest absolute Gasteiger partial charge is 0.155 e. The second kappa shape index (κ2) is 15.6. The van der Waals surface area contributed by atoms with E-state index in [2.05, 4.69) is 4.98 Å². The topological polar surface area (TPSA) is 53.4 Å². The summed E-state index contributed by atoms with van der Waals surface area (Å²) in [5.74, 6) is 0.721. The molecule has 0 fully saturated rings. The zero-order chi connectivity index (χ0) is 20.7. The van der Waals surface area contributed by atoms with Crippen LogP contribution in [0.25, 0.3) is 11.1 Å². The number of Topliss-reactive ketones (excluding diaryl/α,β-unsaturated/α-hetero) is 1. The Morgan fingerprint density at radius 3 is 1.92 bits per heavy atom. The third-order valence-electron chi connectivity index (χ3n) is 2.68. The van der Waals surface area contributed by atoms with E-state index in [0.717, 1.165) is 16.9 Å². The molecule has 1 heterocycles. The second-order valence-corrected chi connectivity index (χ2v) is 5.60. The first-order valence-electron chi connectivity index (χ1n) is 8.54. The van der Waals surface area contributed by atoms with Crippen molar-refractivity contribution in [1.29, 1.82) is 0 Å². The van der Waals surface area contributed by atoms with Crippen molar-refractivity contribution in [3.8, 4) is 11.1 Å². The van der Waals surface area contributed by atoms with E-state index in [1.807, 2.05) is 71.0 Å². The lowest BCUT2D eigenvalue weighted by Gasteiger charge is -2.12. The molecule has 0 saturated carbocycles. The highest BCUT2D eigenvalue weighted by Gasteiger charge is 2.04. The number of anilines is 1. The van der Waals surface area contributed by atoms with Gasteiger partial charge in [0.15, 0.2) is 5.78 Å². The number of benzene rings is 1. The van der Waals surface area contributed by atoms with Crippen molar-refractivity contribution in [2.75, 3.05) is 25.6 Å². The molecular formula is C20H30Cl2N2O2. The molecule has 0 saturated heterocycles. The third kappa shape index (κ3) is 10.4. The Balaban J connectivity index is 0. The summed E-state index contributed by atoms with van der Waals surface area (Å²) in [4.78, 5) is 15.8. The Morgan fingerprint density at radius 2 is 1.50 bits per heavy atom. The minimum Gasteiger partial charge on any atom is -0.389 e. The Kier molecular flexibility index (Phi) is 16.0. The van der Waals surface area contributed by atoms with Gasteiger partial charge in [-0.3, -0.25) is 4.79 Å². The van der Waals surface area contributed by atoms with Gasteiger partial charge in [0.05, 0.1) is 10.0 Å². The van der Waals surface area contributed by atoms with Crippen LogP contribution in [0.5, 0.6) is 0 Å². The molecule has 1 aromatic carbocycles. The fraction of sp³-hybridized carbons (Fsp3) is 0.400. The van der Waals surface area contributed by atoms with Crippen LogP contribution in [0.3, 0.4) is 0 Å². The number of hydrogen-bond donors (Lipinski definition) is 1. The van der Waals surface area contributed by atoms with Gasteiger partial charge >= 0.3 is 0 Å². The van der Waals surface area contributed by atoms with E-state index in [1.54, 1.807) is 12.3 Å². The van der Waals surface area contributed by atoms with Gasteiger partial charge in [0.2, 0.25) is 0 Å². The molecule has 0 amide bonds. The maximum Gasteiger partial charge on any atom is 0.155 e. The van der Waals surface area contributed by atoms with Gasteiger partial charge in [-0.1, -0.05) is 57.0 Å². The van der Waals surface area contributed by atoms with Crippen molar-refractivity contribution < 1.29 is 9.90 Å². The number of ketones is 1. The average molecular weight is 401 g/mol. The van der Waals surface area contributed by atoms with Crippen molar-refractivity contribution in [3.63, 3.8) is 0 Å². The number of rotatable bonds is 3. The zero-order valence-electron chi connectivity index (χ0n) is 16.7. The van der Waals surface area contributed by atoms with E-state index in [4.69, 9.17) is 28.3 Å². The van der Waals surface area contributed by atoms with Crippen LogP contribution >= 0.6 is 23.2 Å². The summed E-state index contributed by atoms with van der Waals surface area (Å²) >= 11 is 11.9. The lowest BCUT2D eigenvalue weighted by Crippen LogP contribution is -2.10. The first-order chi connectivity index (χ1) is 12.3. The van der Waals surface area contributed by atoms with Gasteiger partial charge in [-0.2, -0.15) is 0 Å². The molecule has 0 atom stereocenters. The fourth-order valence-corrected chi connectivity index (χ4v) is 1.82. The van der Waals surface area contributed by atoms with Gasteiger partial charge in [0.1, 0.15) is 12.4 Å². The van der Waals surface area contributed by atoms with Crippen LogP contribution in [0.1, 0.15) is 34.6 Å². The van der Waals surface area contributed by atoms with Crippen LogP contribution in [-0.2, 0) is 4.79 Å². The molecule has 0 aliphatic heterocycles. The molecule has 26 heavy (non-hydrogen) atoms. The lowest BCUT2D eigenvalue weighted by molar-refractivity contribution is -0.119. The molecule has 4 nitrogen and oxygen atoms in total. The molecule has 1 N–H and O–H groups in total. The number of aromatic nitrogens is 1. The minimum atomic E-state index is -0.333. The molecule has 0 aliphatic carbocycles. The van der Waals surface area contributed by atoms with Gasteiger partial charge in [0, 0.05) is 20.3 Å². The number of aliphatic hydroxyl groups is 1. The van der Waals surface area contributed by atoms with Crippen LogP contribution < -0.4 is 4.90 Å². The van der Waals surface area contributed by atoms with Crippen LogP contribution in [0.15, 0.2) is 36.5 Å². The number of carbonyl (C=O) groups excluding carboxylic acids is 1. The first-order valence-corrected chi connectivity index (χ1v) is 9.30. The van der Waals surface area contributed by atoms with E-state index < -0.39 is 0 Å². The Bertz CT molecular complexity index is 647. The van der Waals surface area contributed by atoms with Crippen LogP contribution in [0.2, 0.25) is 10.0 Å². The van der Waals surface area contributed by atoms with E-state index in [0.29, 0.717) is 10.0 Å². The summed E-state index contributed by atoms with van der Waals surface area (Å²) in [6.45, 7) is 9.00. The number of pyridine rings is 1. The molecule has 0 aliphatic rings. The largest absolute Gasteiger partial charge is 0.389 e. The normalized spacial score (nSPS) is 8.69. The van der Waals surface area contributed by atoms with Crippen molar-refractivity contribution in [3.05, 3.63) is 46.6 Å². The molecule has 0 spiro atoms. The van der Waals surface area contributed by atoms with Crippen molar-refractivity contribution in [2.45, 2.75) is 34.6 Å². The predicted molar refractivity (Wildman–Crippen MR) is 114 cm³/mol. The summed E-state index contributed by atoms with van der Waals surface area (Å²) < 4.78 is 0. The van der Waals surface area contributed by atoms with E-state index in [9.17, 15) is 4.79 Å². The highest BCUT2D eigenvalue weighted by molar-refractivity contribution is 6.42. The third-order valence-corrected chi connectivity index (χ3v) is 3.42. The molecular weight excluding hydrogens is 371 g/mol.